The SMILES string of the molecule is Cc1c(C(=O)Nc2cccc(Cn3cccn3)c2)nnn1Cc1ccccc1. The Labute approximate surface area is 162 Å². The molecule has 1 N–H and O–H groups in total. The van der Waals surface area contributed by atoms with Crippen molar-refractivity contribution in [1.82, 2.24) is 24.8 Å². The van der Waals surface area contributed by atoms with Gasteiger partial charge in [0, 0.05) is 18.1 Å². The lowest BCUT2D eigenvalue weighted by Gasteiger charge is -2.08. The van der Waals surface area contributed by atoms with Crippen molar-refractivity contribution in [3.05, 3.63) is 95.6 Å². The standard InChI is InChI=1S/C21H20N6O/c1-16-20(24-25-27(16)15-17-7-3-2-4-8-17)21(28)23-19-10-5-9-18(13-19)14-26-12-6-11-22-26/h2-13H,14-15H2,1H3,(H,23,28). The van der Waals surface area contributed by atoms with E-state index in [4.69, 9.17) is 0 Å². The number of hydrogen-bond donors (Lipinski definition) is 1. The van der Waals surface area contributed by atoms with Gasteiger partial charge in [-0.25, -0.2) is 4.68 Å². The second kappa shape index (κ2) is 7.87. The van der Waals surface area contributed by atoms with E-state index in [0.717, 1.165) is 16.8 Å². The molecule has 0 radical (unpaired) electrons. The van der Waals surface area contributed by atoms with Gasteiger partial charge in [0.25, 0.3) is 5.91 Å². The molecule has 2 aromatic carbocycles. The lowest BCUT2D eigenvalue weighted by Crippen LogP contribution is -2.14. The summed E-state index contributed by atoms with van der Waals surface area (Å²) in [5.74, 6) is -0.270. The number of hydrogen-bond acceptors (Lipinski definition) is 4. The zero-order chi connectivity index (χ0) is 19.3. The van der Waals surface area contributed by atoms with Crippen LogP contribution in [0, 0.1) is 6.92 Å². The smallest absolute Gasteiger partial charge is 0.278 e. The summed E-state index contributed by atoms with van der Waals surface area (Å²) in [5, 5.41) is 15.3. The highest BCUT2D eigenvalue weighted by molar-refractivity contribution is 6.03. The summed E-state index contributed by atoms with van der Waals surface area (Å²) < 4.78 is 3.57. The van der Waals surface area contributed by atoms with E-state index < -0.39 is 0 Å². The fourth-order valence-electron chi connectivity index (χ4n) is 3.00. The van der Waals surface area contributed by atoms with E-state index in [1.807, 2.05) is 78.5 Å². The van der Waals surface area contributed by atoms with E-state index in [1.54, 1.807) is 10.9 Å². The molecule has 0 aliphatic heterocycles. The minimum Gasteiger partial charge on any atom is -0.321 e. The van der Waals surface area contributed by atoms with E-state index in [-0.39, 0.29) is 5.91 Å². The average molecular weight is 372 g/mol. The molecule has 2 aromatic heterocycles. The van der Waals surface area contributed by atoms with Crippen molar-refractivity contribution in [2.45, 2.75) is 20.0 Å². The number of rotatable bonds is 6. The van der Waals surface area contributed by atoms with Crippen molar-refractivity contribution in [2.24, 2.45) is 0 Å². The first-order valence-corrected chi connectivity index (χ1v) is 9.01. The third kappa shape index (κ3) is 3.98. The van der Waals surface area contributed by atoms with E-state index in [2.05, 4.69) is 20.7 Å². The summed E-state index contributed by atoms with van der Waals surface area (Å²) in [5.41, 5.74) is 3.92. The van der Waals surface area contributed by atoms with Crippen LogP contribution < -0.4 is 5.32 Å². The van der Waals surface area contributed by atoms with Crippen molar-refractivity contribution in [3.63, 3.8) is 0 Å². The van der Waals surface area contributed by atoms with Gasteiger partial charge in [-0.3, -0.25) is 9.48 Å². The summed E-state index contributed by atoms with van der Waals surface area (Å²) in [4.78, 5) is 12.7. The number of nitrogens with zero attached hydrogens (tertiary/aromatic N) is 5. The maximum Gasteiger partial charge on any atom is 0.278 e. The zero-order valence-electron chi connectivity index (χ0n) is 15.5. The Morgan fingerprint density at radius 2 is 1.82 bits per heavy atom. The molecule has 28 heavy (non-hydrogen) atoms. The van der Waals surface area contributed by atoms with Gasteiger partial charge in [0.2, 0.25) is 0 Å². The minimum absolute atomic E-state index is 0.270. The van der Waals surface area contributed by atoms with Crippen LogP contribution in [0.3, 0.4) is 0 Å². The maximum atomic E-state index is 12.7. The van der Waals surface area contributed by atoms with Gasteiger partial charge in [0.1, 0.15) is 0 Å². The molecule has 7 heteroatoms. The predicted molar refractivity (Wildman–Crippen MR) is 106 cm³/mol. The summed E-state index contributed by atoms with van der Waals surface area (Å²) in [6.45, 7) is 3.07. The number of nitrogens with one attached hydrogen (secondary N) is 1. The molecule has 4 rings (SSSR count). The molecule has 0 fully saturated rings. The summed E-state index contributed by atoms with van der Waals surface area (Å²) in [6.07, 6.45) is 3.65. The van der Waals surface area contributed by atoms with Crippen LogP contribution in [0.1, 0.15) is 27.3 Å². The quantitative estimate of drug-likeness (QED) is 0.564. The lowest BCUT2D eigenvalue weighted by molar-refractivity contribution is 0.102. The molecule has 2 heterocycles. The number of aromatic nitrogens is 5. The van der Waals surface area contributed by atoms with Crippen molar-refractivity contribution in [2.75, 3.05) is 5.32 Å². The topological polar surface area (TPSA) is 77.6 Å². The second-order valence-electron chi connectivity index (χ2n) is 6.52. The number of carbonyl (C=O) groups is 1. The fourth-order valence-corrected chi connectivity index (χ4v) is 3.00. The van der Waals surface area contributed by atoms with Gasteiger partial charge >= 0.3 is 0 Å². The van der Waals surface area contributed by atoms with E-state index in [9.17, 15) is 4.79 Å². The van der Waals surface area contributed by atoms with Crippen molar-refractivity contribution in [3.8, 4) is 0 Å². The largest absolute Gasteiger partial charge is 0.321 e. The van der Waals surface area contributed by atoms with Crippen LogP contribution >= 0.6 is 0 Å². The van der Waals surface area contributed by atoms with E-state index >= 15 is 0 Å². The van der Waals surface area contributed by atoms with Crippen LogP contribution in [-0.2, 0) is 13.1 Å². The van der Waals surface area contributed by atoms with Crippen LogP contribution in [0.25, 0.3) is 0 Å². The Morgan fingerprint density at radius 1 is 1.00 bits per heavy atom. The highest BCUT2D eigenvalue weighted by Gasteiger charge is 2.17. The van der Waals surface area contributed by atoms with Crippen LogP contribution in [0.5, 0.6) is 0 Å². The molecule has 0 bridgehead atoms. The van der Waals surface area contributed by atoms with Gasteiger partial charge in [-0.2, -0.15) is 5.10 Å². The molecule has 0 aliphatic rings. The third-order valence-corrected chi connectivity index (χ3v) is 4.46. The number of anilines is 1. The third-order valence-electron chi connectivity index (χ3n) is 4.46. The molecule has 1 amide bonds. The van der Waals surface area contributed by atoms with E-state index in [1.165, 1.54) is 0 Å². The van der Waals surface area contributed by atoms with Crippen LogP contribution in [0.4, 0.5) is 5.69 Å². The first-order valence-electron chi connectivity index (χ1n) is 9.01. The second-order valence-corrected chi connectivity index (χ2v) is 6.52. The van der Waals surface area contributed by atoms with Crippen LogP contribution in [0.2, 0.25) is 0 Å². The normalized spacial score (nSPS) is 10.8. The fraction of sp³-hybridized carbons (Fsp3) is 0.143. The molecule has 0 spiro atoms. The summed E-state index contributed by atoms with van der Waals surface area (Å²) in [7, 11) is 0. The molecule has 0 atom stereocenters. The van der Waals surface area contributed by atoms with Crippen LogP contribution in [0.15, 0.2) is 73.1 Å². The zero-order valence-corrected chi connectivity index (χ0v) is 15.5. The highest BCUT2D eigenvalue weighted by atomic mass is 16.2. The van der Waals surface area contributed by atoms with Gasteiger partial charge in [-0.05, 0) is 36.2 Å². The molecule has 140 valence electrons. The molecule has 0 aliphatic carbocycles. The Bertz CT molecular complexity index is 1070. The molecule has 0 saturated heterocycles. The number of benzene rings is 2. The summed E-state index contributed by atoms with van der Waals surface area (Å²) >= 11 is 0. The lowest BCUT2D eigenvalue weighted by atomic mass is 10.2. The van der Waals surface area contributed by atoms with Gasteiger partial charge in [-0.1, -0.05) is 47.7 Å². The monoisotopic (exact) mass is 372 g/mol. The van der Waals surface area contributed by atoms with E-state index in [0.29, 0.717) is 24.5 Å². The van der Waals surface area contributed by atoms with Gasteiger partial charge < -0.3 is 5.32 Å². The predicted octanol–water partition coefficient (Wildman–Crippen LogP) is 3.13. The molecule has 7 nitrogen and oxygen atoms in total. The van der Waals surface area contributed by atoms with Gasteiger partial charge in [-0.15, -0.1) is 5.10 Å². The molecule has 4 aromatic rings. The Morgan fingerprint density at radius 3 is 2.61 bits per heavy atom. The average Bonchev–Trinajstić information content (AvgIpc) is 3.33. The molecular formula is C21H20N6O. The Kier molecular flexibility index (Phi) is 4.97. The summed E-state index contributed by atoms with van der Waals surface area (Å²) in [6, 6.07) is 19.5. The van der Waals surface area contributed by atoms with Crippen molar-refractivity contribution >= 4 is 11.6 Å². The first-order chi connectivity index (χ1) is 13.7. The van der Waals surface area contributed by atoms with Gasteiger partial charge in [0.15, 0.2) is 5.69 Å². The molecular weight excluding hydrogens is 352 g/mol. The van der Waals surface area contributed by atoms with Crippen molar-refractivity contribution < 1.29 is 4.79 Å². The number of amides is 1. The Hall–Kier alpha value is -3.74. The Balaban J connectivity index is 1.47. The van der Waals surface area contributed by atoms with Gasteiger partial charge in [0.05, 0.1) is 18.8 Å². The highest BCUT2D eigenvalue weighted by Crippen LogP contribution is 2.14. The first kappa shape index (κ1) is 17.7. The van der Waals surface area contributed by atoms with Crippen LogP contribution in [-0.4, -0.2) is 30.7 Å². The van der Waals surface area contributed by atoms with Crippen molar-refractivity contribution in [1.29, 1.82) is 0 Å². The maximum absolute atomic E-state index is 12.7. The minimum atomic E-state index is -0.270. The molecule has 0 unspecified atom stereocenters. The molecule has 0 saturated carbocycles. The number of carbonyl (C=O) groups excluding carboxylic acids is 1.